The van der Waals surface area contributed by atoms with E-state index in [0.29, 0.717) is 18.0 Å². The van der Waals surface area contributed by atoms with Gasteiger partial charge in [0.05, 0.1) is 0 Å². The first kappa shape index (κ1) is 17.4. The average Bonchev–Trinajstić information content (AvgIpc) is 2.55. The minimum absolute atomic E-state index is 0.0187. The number of hydrogen-bond donors (Lipinski definition) is 1. The van der Waals surface area contributed by atoms with Crippen molar-refractivity contribution in [3.8, 4) is 0 Å². The molecule has 1 heterocycles. The molecule has 0 atom stereocenters. The summed E-state index contributed by atoms with van der Waals surface area (Å²) in [6, 6.07) is 5.70. The Balaban J connectivity index is 1.74. The number of carbonyl (C=O) groups excluding carboxylic acids is 2. The molecule has 0 radical (unpaired) electrons. The molecule has 0 aliphatic carbocycles. The Morgan fingerprint density at radius 1 is 1.22 bits per heavy atom. The molecule has 1 fully saturated rings. The molecule has 0 aromatic heterocycles. The van der Waals surface area contributed by atoms with Gasteiger partial charge in [0.25, 0.3) is 5.91 Å². The molecule has 0 unspecified atom stereocenters. The minimum atomic E-state index is -0.330. The summed E-state index contributed by atoms with van der Waals surface area (Å²) in [5.41, 5.74) is 0.536. The van der Waals surface area contributed by atoms with E-state index in [1.165, 1.54) is 24.3 Å². The lowest BCUT2D eigenvalue weighted by Crippen LogP contribution is -2.39. The van der Waals surface area contributed by atoms with Crippen LogP contribution in [-0.2, 0) is 4.79 Å². The number of rotatable bonds is 5. The second-order valence-corrected chi connectivity index (χ2v) is 6.48. The SMILES string of the molecule is CC(C)C(=O)NCCC1CCN(C(=O)c2ccc(F)cc2)CC1. The van der Waals surface area contributed by atoms with E-state index in [9.17, 15) is 14.0 Å². The highest BCUT2D eigenvalue weighted by atomic mass is 19.1. The molecule has 4 nitrogen and oxygen atoms in total. The Labute approximate surface area is 137 Å². The summed E-state index contributed by atoms with van der Waals surface area (Å²) in [5.74, 6) is 0.291. The average molecular weight is 320 g/mol. The molecule has 1 N–H and O–H groups in total. The van der Waals surface area contributed by atoms with Gasteiger partial charge in [-0.2, -0.15) is 0 Å². The van der Waals surface area contributed by atoms with Gasteiger partial charge in [-0.25, -0.2) is 4.39 Å². The fourth-order valence-electron chi connectivity index (χ4n) is 2.80. The summed E-state index contributed by atoms with van der Waals surface area (Å²) < 4.78 is 12.9. The minimum Gasteiger partial charge on any atom is -0.356 e. The zero-order valence-corrected chi connectivity index (χ0v) is 13.8. The van der Waals surface area contributed by atoms with Crippen LogP contribution in [-0.4, -0.2) is 36.3 Å². The summed E-state index contributed by atoms with van der Waals surface area (Å²) in [6.45, 7) is 5.91. The van der Waals surface area contributed by atoms with Crippen LogP contribution in [0, 0.1) is 17.7 Å². The number of piperidine rings is 1. The van der Waals surface area contributed by atoms with Crippen LogP contribution >= 0.6 is 0 Å². The van der Waals surface area contributed by atoms with E-state index in [0.717, 1.165) is 32.4 Å². The molecule has 0 spiro atoms. The van der Waals surface area contributed by atoms with Crippen molar-refractivity contribution in [2.45, 2.75) is 33.1 Å². The third-order valence-electron chi connectivity index (χ3n) is 4.37. The third-order valence-corrected chi connectivity index (χ3v) is 4.37. The number of benzene rings is 1. The van der Waals surface area contributed by atoms with E-state index in [2.05, 4.69) is 5.32 Å². The highest BCUT2D eigenvalue weighted by Gasteiger charge is 2.23. The number of hydrogen-bond acceptors (Lipinski definition) is 2. The normalized spacial score (nSPS) is 15.7. The lowest BCUT2D eigenvalue weighted by molar-refractivity contribution is -0.124. The maximum Gasteiger partial charge on any atom is 0.253 e. The van der Waals surface area contributed by atoms with Gasteiger partial charge in [-0.15, -0.1) is 0 Å². The molecule has 2 rings (SSSR count). The van der Waals surface area contributed by atoms with Gasteiger partial charge >= 0.3 is 0 Å². The molecule has 1 aromatic rings. The van der Waals surface area contributed by atoms with Gasteiger partial charge in [0.1, 0.15) is 5.82 Å². The van der Waals surface area contributed by atoms with E-state index in [4.69, 9.17) is 0 Å². The lowest BCUT2D eigenvalue weighted by atomic mass is 9.93. The lowest BCUT2D eigenvalue weighted by Gasteiger charge is -2.32. The van der Waals surface area contributed by atoms with Crippen molar-refractivity contribution in [2.75, 3.05) is 19.6 Å². The Morgan fingerprint density at radius 2 is 1.83 bits per heavy atom. The maximum atomic E-state index is 12.9. The van der Waals surface area contributed by atoms with Crippen LogP contribution in [0.3, 0.4) is 0 Å². The highest BCUT2D eigenvalue weighted by molar-refractivity contribution is 5.94. The fourth-order valence-corrected chi connectivity index (χ4v) is 2.80. The van der Waals surface area contributed by atoms with Crippen LogP contribution in [0.1, 0.15) is 43.5 Å². The van der Waals surface area contributed by atoms with E-state index < -0.39 is 0 Å². The van der Waals surface area contributed by atoms with Crippen molar-refractivity contribution in [2.24, 2.45) is 11.8 Å². The van der Waals surface area contributed by atoms with Gasteiger partial charge in [0, 0.05) is 31.1 Å². The van der Waals surface area contributed by atoms with Crippen LogP contribution in [0.5, 0.6) is 0 Å². The molecular weight excluding hydrogens is 295 g/mol. The van der Waals surface area contributed by atoms with E-state index in [-0.39, 0.29) is 23.5 Å². The van der Waals surface area contributed by atoms with Crippen LogP contribution in [0.2, 0.25) is 0 Å². The third kappa shape index (κ3) is 5.05. The molecule has 1 aromatic carbocycles. The van der Waals surface area contributed by atoms with Crippen molar-refractivity contribution < 1.29 is 14.0 Å². The van der Waals surface area contributed by atoms with Crippen LogP contribution in [0.25, 0.3) is 0 Å². The van der Waals surface area contributed by atoms with Gasteiger partial charge in [0.15, 0.2) is 0 Å². The zero-order valence-electron chi connectivity index (χ0n) is 13.8. The van der Waals surface area contributed by atoms with Crippen molar-refractivity contribution in [1.29, 1.82) is 0 Å². The fraction of sp³-hybridized carbons (Fsp3) is 0.556. The molecule has 1 aliphatic rings. The Hall–Kier alpha value is -1.91. The predicted octanol–water partition coefficient (Wildman–Crippen LogP) is 2.84. The quantitative estimate of drug-likeness (QED) is 0.907. The number of halogens is 1. The molecule has 2 amide bonds. The topological polar surface area (TPSA) is 49.4 Å². The molecule has 0 bridgehead atoms. The Morgan fingerprint density at radius 3 is 2.39 bits per heavy atom. The van der Waals surface area contributed by atoms with Gasteiger partial charge in [0.2, 0.25) is 5.91 Å². The van der Waals surface area contributed by atoms with Crippen LogP contribution in [0.4, 0.5) is 4.39 Å². The first-order valence-corrected chi connectivity index (χ1v) is 8.30. The van der Waals surface area contributed by atoms with Crippen molar-refractivity contribution in [3.63, 3.8) is 0 Å². The molecule has 23 heavy (non-hydrogen) atoms. The number of nitrogens with one attached hydrogen (secondary N) is 1. The van der Waals surface area contributed by atoms with E-state index in [1.54, 1.807) is 0 Å². The summed E-state index contributed by atoms with van der Waals surface area (Å²) in [4.78, 5) is 25.7. The first-order valence-electron chi connectivity index (χ1n) is 8.30. The number of carbonyl (C=O) groups is 2. The second kappa shape index (κ2) is 8.09. The van der Waals surface area contributed by atoms with E-state index >= 15 is 0 Å². The standard InChI is InChI=1S/C18H25FN2O2/c1-13(2)17(22)20-10-7-14-8-11-21(12-9-14)18(23)15-3-5-16(19)6-4-15/h3-6,13-14H,7-12H2,1-2H3,(H,20,22). The van der Waals surface area contributed by atoms with E-state index in [1.807, 2.05) is 18.7 Å². The molecule has 126 valence electrons. The summed E-state index contributed by atoms with van der Waals surface area (Å²) in [7, 11) is 0. The van der Waals surface area contributed by atoms with Crippen molar-refractivity contribution >= 4 is 11.8 Å². The summed E-state index contributed by atoms with van der Waals surface area (Å²) >= 11 is 0. The number of amides is 2. The second-order valence-electron chi connectivity index (χ2n) is 6.48. The number of likely N-dealkylation sites (tertiary alicyclic amines) is 1. The van der Waals surface area contributed by atoms with Gasteiger partial charge in [-0.05, 0) is 49.4 Å². The van der Waals surface area contributed by atoms with Crippen LogP contribution < -0.4 is 5.32 Å². The monoisotopic (exact) mass is 320 g/mol. The largest absolute Gasteiger partial charge is 0.356 e. The maximum absolute atomic E-state index is 12.9. The van der Waals surface area contributed by atoms with Crippen LogP contribution in [0.15, 0.2) is 24.3 Å². The summed E-state index contributed by atoms with van der Waals surface area (Å²) in [6.07, 6.45) is 2.85. The smallest absolute Gasteiger partial charge is 0.253 e. The first-order chi connectivity index (χ1) is 11.0. The molecular formula is C18H25FN2O2. The number of nitrogens with zero attached hydrogens (tertiary/aromatic N) is 1. The van der Waals surface area contributed by atoms with Gasteiger partial charge in [-0.3, -0.25) is 9.59 Å². The van der Waals surface area contributed by atoms with Crippen molar-refractivity contribution in [3.05, 3.63) is 35.6 Å². The Bertz CT molecular complexity index is 534. The predicted molar refractivity (Wildman–Crippen MR) is 87.5 cm³/mol. The zero-order chi connectivity index (χ0) is 16.8. The van der Waals surface area contributed by atoms with Gasteiger partial charge in [-0.1, -0.05) is 13.8 Å². The molecule has 1 saturated heterocycles. The Kier molecular flexibility index (Phi) is 6.13. The highest BCUT2D eigenvalue weighted by Crippen LogP contribution is 2.21. The van der Waals surface area contributed by atoms with Gasteiger partial charge < -0.3 is 10.2 Å². The molecule has 1 aliphatic heterocycles. The molecule has 0 saturated carbocycles. The summed E-state index contributed by atoms with van der Waals surface area (Å²) in [5, 5.41) is 2.94. The van der Waals surface area contributed by atoms with Crippen molar-refractivity contribution in [1.82, 2.24) is 10.2 Å². The molecule has 5 heteroatoms.